The number of benzene rings is 1. The van der Waals surface area contributed by atoms with Crippen molar-refractivity contribution in [2.24, 2.45) is 0 Å². The number of nitrogens with two attached hydrogens (primary N) is 1. The first-order valence-corrected chi connectivity index (χ1v) is 5.84. The highest BCUT2D eigenvalue weighted by Gasteiger charge is 2.13. The highest BCUT2D eigenvalue weighted by Crippen LogP contribution is 2.22. The Labute approximate surface area is 106 Å². The molecule has 1 heterocycles. The van der Waals surface area contributed by atoms with Crippen molar-refractivity contribution in [3.05, 3.63) is 52.4 Å². The van der Waals surface area contributed by atoms with Gasteiger partial charge in [0.15, 0.2) is 0 Å². The second-order valence-corrected chi connectivity index (χ2v) is 5.34. The molecule has 0 saturated heterocycles. The maximum atomic E-state index is 11.7. The molecular formula is C14H17N3O. The van der Waals surface area contributed by atoms with Gasteiger partial charge in [-0.05, 0) is 23.1 Å². The normalized spacial score (nSPS) is 11.5. The molecule has 4 heteroatoms. The van der Waals surface area contributed by atoms with E-state index in [1.54, 1.807) is 0 Å². The molecule has 2 rings (SSSR count). The zero-order valence-electron chi connectivity index (χ0n) is 10.8. The summed E-state index contributed by atoms with van der Waals surface area (Å²) >= 11 is 0. The lowest BCUT2D eigenvalue weighted by atomic mass is 9.87. The van der Waals surface area contributed by atoms with E-state index < -0.39 is 0 Å². The number of hydrogen-bond acceptors (Lipinski definition) is 3. The Balaban J connectivity index is 2.44. The van der Waals surface area contributed by atoms with Crippen molar-refractivity contribution in [3.63, 3.8) is 0 Å². The van der Waals surface area contributed by atoms with Crippen LogP contribution in [0.1, 0.15) is 26.3 Å². The van der Waals surface area contributed by atoms with Crippen molar-refractivity contribution in [2.75, 3.05) is 5.73 Å². The molecule has 0 spiro atoms. The van der Waals surface area contributed by atoms with Crippen molar-refractivity contribution in [3.8, 4) is 5.69 Å². The Hall–Kier alpha value is -2.10. The van der Waals surface area contributed by atoms with Crippen LogP contribution in [0.25, 0.3) is 5.69 Å². The summed E-state index contributed by atoms with van der Waals surface area (Å²) < 4.78 is 1.34. The maximum Gasteiger partial charge on any atom is 0.273 e. The average Bonchev–Trinajstić information content (AvgIpc) is 2.28. The molecule has 2 aromatic rings. The van der Waals surface area contributed by atoms with Crippen LogP contribution >= 0.6 is 0 Å². The average molecular weight is 243 g/mol. The van der Waals surface area contributed by atoms with E-state index in [0.717, 1.165) is 5.69 Å². The number of anilines is 1. The zero-order chi connectivity index (χ0) is 13.3. The van der Waals surface area contributed by atoms with Crippen molar-refractivity contribution >= 4 is 5.69 Å². The van der Waals surface area contributed by atoms with Gasteiger partial charge in [-0.15, -0.1) is 0 Å². The van der Waals surface area contributed by atoms with Crippen LogP contribution in [0.2, 0.25) is 0 Å². The van der Waals surface area contributed by atoms with Gasteiger partial charge in [-0.3, -0.25) is 4.79 Å². The molecule has 1 aromatic heterocycles. The highest BCUT2D eigenvalue weighted by atomic mass is 16.1. The largest absolute Gasteiger partial charge is 0.397 e. The van der Waals surface area contributed by atoms with E-state index in [2.05, 4.69) is 25.9 Å². The second kappa shape index (κ2) is 4.29. The Kier molecular flexibility index (Phi) is 2.95. The molecule has 0 fully saturated rings. The van der Waals surface area contributed by atoms with E-state index in [0.29, 0.717) is 5.69 Å². The molecule has 0 amide bonds. The summed E-state index contributed by atoms with van der Waals surface area (Å²) in [5.74, 6) is 0. The van der Waals surface area contributed by atoms with Gasteiger partial charge in [0.25, 0.3) is 5.56 Å². The van der Waals surface area contributed by atoms with E-state index in [-0.39, 0.29) is 11.0 Å². The molecule has 0 atom stereocenters. The zero-order valence-corrected chi connectivity index (χ0v) is 10.8. The summed E-state index contributed by atoms with van der Waals surface area (Å²) in [5.41, 5.74) is 7.72. The highest BCUT2D eigenvalue weighted by molar-refractivity contribution is 5.38. The van der Waals surface area contributed by atoms with Gasteiger partial charge in [-0.25, -0.2) is 0 Å². The standard InChI is InChI=1S/C14H17N3O/c1-14(2,3)10-4-6-12(7-5-10)17-13(18)8-11(15)9-16-17/h4-9H,15H2,1-3H3. The molecule has 0 unspecified atom stereocenters. The molecule has 0 aliphatic rings. The third-order valence-electron chi connectivity index (χ3n) is 2.80. The van der Waals surface area contributed by atoms with Crippen LogP contribution in [0.3, 0.4) is 0 Å². The Bertz CT molecular complexity index is 606. The van der Waals surface area contributed by atoms with E-state index in [1.165, 1.54) is 22.5 Å². The minimum Gasteiger partial charge on any atom is -0.397 e. The topological polar surface area (TPSA) is 60.9 Å². The molecule has 0 radical (unpaired) electrons. The minimum atomic E-state index is -0.224. The van der Waals surface area contributed by atoms with Gasteiger partial charge < -0.3 is 5.73 Å². The van der Waals surface area contributed by atoms with Crippen LogP contribution in [-0.2, 0) is 5.41 Å². The van der Waals surface area contributed by atoms with Crippen LogP contribution in [0, 0.1) is 0 Å². The predicted octanol–water partition coefficient (Wildman–Crippen LogP) is 2.11. The first-order valence-electron chi connectivity index (χ1n) is 5.84. The minimum absolute atomic E-state index is 0.0953. The van der Waals surface area contributed by atoms with Gasteiger partial charge in [-0.2, -0.15) is 9.78 Å². The lowest BCUT2D eigenvalue weighted by molar-refractivity contribution is 0.590. The van der Waals surface area contributed by atoms with Crippen molar-refractivity contribution < 1.29 is 0 Å². The molecule has 0 saturated carbocycles. The summed E-state index contributed by atoms with van der Waals surface area (Å²) in [4.78, 5) is 11.7. The molecule has 0 bridgehead atoms. The Morgan fingerprint density at radius 2 is 1.78 bits per heavy atom. The van der Waals surface area contributed by atoms with Crippen molar-refractivity contribution in [1.82, 2.24) is 9.78 Å². The molecule has 0 aliphatic carbocycles. The van der Waals surface area contributed by atoms with Gasteiger partial charge in [-0.1, -0.05) is 32.9 Å². The van der Waals surface area contributed by atoms with Gasteiger partial charge >= 0.3 is 0 Å². The van der Waals surface area contributed by atoms with E-state index >= 15 is 0 Å². The molecule has 18 heavy (non-hydrogen) atoms. The van der Waals surface area contributed by atoms with Crippen LogP contribution in [-0.4, -0.2) is 9.78 Å². The smallest absolute Gasteiger partial charge is 0.273 e. The van der Waals surface area contributed by atoms with Crippen LogP contribution in [0.4, 0.5) is 5.69 Å². The summed E-state index contributed by atoms with van der Waals surface area (Å²) in [7, 11) is 0. The molecule has 1 aromatic carbocycles. The predicted molar refractivity (Wildman–Crippen MR) is 72.9 cm³/mol. The fourth-order valence-corrected chi connectivity index (χ4v) is 1.72. The van der Waals surface area contributed by atoms with Crippen LogP contribution < -0.4 is 11.3 Å². The number of rotatable bonds is 1. The molecular weight excluding hydrogens is 226 g/mol. The number of nitrogen functional groups attached to an aromatic ring is 1. The summed E-state index contributed by atoms with van der Waals surface area (Å²) in [6, 6.07) is 9.18. The third kappa shape index (κ3) is 2.42. The fourth-order valence-electron chi connectivity index (χ4n) is 1.72. The van der Waals surface area contributed by atoms with Crippen molar-refractivity contribution in [2.45, 2.75) is 26.2 Å². The monoisotopic (exact) mass is 243 g/mol. The first-order chi connectivity index (χ1) is 8.38. The van der Waals surface area contributed by atoms with Crippen molar-refractivity contribution in [1.29, 1.82) is 0 Å². The van der Waals surface area contributed by atoms with E-state index in [1.807, 2.05) is 24.3 Å². The van der Waals surface area contributed by atoms with Gasteiger partial charge in [0.05, 0.1) is 17.6 Å². The lowest BCUT2D eigenvalue weighted by Gasteiger charge is -2.19. The first kappa shape index (κ1) is 12.4. The quantitative estimate of drug-likeness (QED) is 0.834. The van der Waals surface area contributed by atoms with Crippen LogP contribution in [0.15, 0.2) is 41.3 Å². The summed E-state index contributed by atoms with van der Waals surface area (Å²) in [6.45, 7) is 6.45. The summed E-state index contributed by atoms with van der Waals surface area (Å²) in [5, 5.41) is 4.02. The SMILES string of the molecule is CC(C)(C)c1ccc(-n2ncc(N)cc2=O)cc1. The molecule has 0 aliphatic heterocycles. The third-order valence-corrected chi connectivity index (χ3v) is 2.80. The molecule has 94 valence electrons. The Morgan fingerprint density at radius 1 is 1.17 bits per heavy atom. The Morgan fingerprint density at radius 3 is 2.28 bits per heavy atom. The number of aromatic nitrogens is 2. The van der Waals surface area contributed by atoms with E-state index in [9.17, 15) is 4.79 Å². The van der Waals surface area contributed by atoms with Gasteiger partial charge in [0.1, 0.15) is 0 Å². The van der Waals surface area contributed by atoms with Crippen LogP contribution in [0.5, 0.6) is 0 Å². The van der Waals surface area contributed by atoms with E-state index in [4.69, 9.17) is 5.73 Å². The molecule has 4 nitrogen and oxygen atoms in total. The summed E-state index contributed by atoms with van der Waals surface area (Å²) in [6.07, 6.45) is 1.47. The number of hydrogen-bond donors (Lipinski definition) is 1. The number of nitrogens with zero attached hydrogens (tertiary/aromatic N) is 2. The maximum absolute atomic E-state index is 11.7. The second-order valence-electron chi connectivity index (χ2n) is 5.34. The van der Waals surface area contributed by atoms with Gasteiger partial charge in [0.2, 0.25) is 0 Å². The molecule has 2 N–H and O–H groups in total. The fraction of sp³-hybridized carbons (Fsp3) is 0.286. The lowest BCUT2D eigenvalue weighted by Crippen LogP contribution is -2.20. The van der Waals surface area contributed by atoms with Gasteiger partial charge in [0, 0.05) is 6.07 Å².